The molecule has 178 valence electrons. The van der Waals surface area contributed by atoms with Crippen LogP contribution in [0.1, 0.15) is 51.8 Å². The minimum Gasteiger partial charge on any atom is -0.326 e. The number of rotatable bonds is 9. The Balaban J connectivity index is 1.40. The fraction of sp³-hybridized carbons (Fsp3) is 0.241. The molecule has 1 unspecified atom stereocenters. The number of nitrogens with two attached hydrogens (primary N) is 1. The third-order valence-corrected chi connectivity index (χ3v) is 6.37. The van der Waals surface area contributed by atoms with E-state index in [9.17, 15) is 4.79 Å². The van der Waals surface area contributed by atoms with Crippen molar-refractivity contribution in [3.05, 3.63) is 113 Å². The largest absolute Gasteiger partial charge is 0.326 e. The Kier molecular flexibility index (Phi) is 6.75. The van der Waals surface area contributed by atoms with Gasteiger partial charge in [0, 0.05) is 12.2 Å². The first-order valence-electron chi connectivity index (χ1n) is 12.2. The lowest BCUT2D eigenvalue weighted by Crippen LogP contribution is -2.25. The van der Waals surface area contributed by atoms with E-state index in [1.807, 2.05) is 49.4 Å². The van der Waals surface area contributed by atoms with Crippen LogP contribution in [0, 0.1) is 12.8 Å². The van der Waals surface area contributed by atoms with Gasteiger partial charge in [0.05, 0.1) is 17.4 Å². The first-order chi connectivity index (χ1) is 17.1. The summed E-state index contributed by atoms with van der Waals surface area (Å²) in [7, 11) is 0. The summed E-state index contributed by atoms with van der Waals surface area (Å²) in [5.74, 6) is 0.563. The van der Waals surface area contributed by atoms with Crippen molar-refractivity contribution in [3.8, 4) is 5.69 Å². The van der Waals surface area contributed by atoms with E-state index >= 15 is 0 Å². The van der Waals surface area contributed by atoms with Gasteiger partial charge in [-0.2, -0.15) is 5.10 Å². The van der Waals surface area contributed by atoms with E-state index in [0.29, 0.717) is 12.2 Å². The quantitative estimate of drug-likeness (QED) is 0.325. The first kappa shape index (κ1) is 23.0. The van der Waals surface area contributed by atoms with Crippen LogP contribution in [0.25, 0.3) is 5.69 Å². The summed E-state index contributed by atoms with van der Waals surface area (Å²) < 4.78 is 1.68. The van der Waals surface area contributed by atoms with Crippen LogP contribution in [0.15, 0.2) is 84.9 Å². The van der Waals surface area contributed by atoms with Crippen molar-refractivity contribution in [1.82, 2.24) is 15.1 Å². The Morgan fingerprint density at radius 3 is 2.54 bits per heavy atom. The number of anilines is 1. The standard InChI is InChI=1S/C29H31N5O/c1-20-15-27(34(33-20)26-12-5-7-22(16-26)18-30)29(35)32-25-11-6-10-24(17-25)28(31-19-21-13-14-21)23-8-3-2-4-9-23/h2-12,15-17,21,28,31H,13-14,18-19,30H2,1H3,(H,32,35). The van der Waals surface area contributed by atoms with E-state index in [1.165, 1.54) is 18.4 Å². The number of carbonyl (C=O) groups is 1. The Bertz CT molecular complexity index is 1310. The molecule has 6 heteroatoms. The Hall–Kier alpha value is -3.74. The zero-order chi connectivity index (χ0) is 24.2. The van der Waals surface area contributed by atoms with Gasteiger partial charge in [-0.25, -0.2) is 4.68 Å². The average Bonchev–Trinajstić information content (AvgIpc) is 3.63. The second-order valence-electron chi connectivity index (χ2n) is 9.23. The topological polar surface area (TPSA) is 85.0 Å². The first-order valence-corrected chi connectivity index (χ1v) is 12.2. The molecular weight excluding hydrogens is 434 g/mol. The molecule has 1 heterocycles. The van der Waals surface area contributed by atoms with Crippen LogP contribution in [-0.4, -0.2) is 22.2 Å². The molecule has 1 atom stereocenters. The second kappa shape index (κ2) is 10.3. The van der Waals surface area contributed by atoms with Crippen molar-refractivity contribution < 1.29 is 4.79 Å². The zero-order valence-electron chi connectivity index (χ0n) is 19.9. The number of hydrogen-bond acceptors (Lipinski definition) is 4. The maximum atomic E-state index is 13.3. The van der Waals surface area contributed by atoms with Crippen molar-refractivity contribution >= 4 is 11.6 Å². The molecule has 1 amide bonds. The molecule has 5 rings (SSSR count). The molecule has 0 radical (unpaired) electrons. The Labute approximate surface area is 206 Å². The van der Waals surface area contributed by atoms with E-state index < -0.39 is 0 Å². The molecule has 35 heavy (non-hydrogen) atoms. The minimum atomic E-state index is -0.205. The lowest BCUT2D eigenvalue weighted by Gasteiger charge is -2.21. The molecule has 1 aliphatic carbocycles. The van der Waals surface area contributed by atoms with E-state index in [4.69, 9.17) is 5.73 Å². The fourth-order valence-corrected chi connectivity index (χ4v) is 4.34. The van der Waals surface area contributed by atoms with Gasteiger partial charge >= 0.3 is 0 Å². The number of carbonyl (C=O) groups excluding carboxylic acids is 1. The fourth-order valence-electron chi connectivity index (χ4n) is 4.34. The molecule has 0 spiro atoms. The zero-order valence-corrected chi connectivity index (χ0v) is 19.9. The van der Waals surface area contributed by atoms with Crippen LogP contribution in [0.5, 0.6) is 0 Å². The van der Waals surface area contributed by atoms with Gasteiger partial charge in [0.2, 0.25) is 0 Å². The molecule has 6 nitrogen and oxygen atoms in total. The summed E-state index contributed by atoms with van der Waals surface area (Å²) in [6.45, 7) is 3.31. The molecule has 4 aromatic rings. The third kappa shape index (κ3) is 5.50. The third-order valence-electron chi connectivity index (χ3n) is 6.37. The number of nitrogens with zero attached hydrogens (tertiary/aromatic N) is 2. The molecule has 0 saturated heterocycles. The summed E-state index contributed by atoms with van der Waals surface area (Å²) in [5, 5.41) is 11.4. The summed E-state index contributed by atoms with van der Waals surface area (Å²) in [5.41, 5.74) is 11.9. The number of aryl methyl sites for hydroxylation is 1. The van der Waals surface area contributed by atoms with Crippen LogP contribution in [-0.2, 0) is 6.54 Å². The van der Waals surface area contributed by atoms with Crippen molar-refractivity contribution in [3.63, 3.8) is 0 Å². The highest BCUT2D eigenvalue weighted by atomic mass is 16.2. The summed E-state index contributed by atoms with van der Waals surface area (Å²) in [6, 6.07) is 28.2. The van der Waals surface area contributed by atoms with Gasteiger partial charge in [0.1, 0.15) is 5.69 Å². The Morgan fingerprint density at radius 1 is 1.00 bits per heavy atom. The van der Waals surface area contributed by atoms with Crippen LogP contribution < -0.4 is 16.4 Å². The van der Waals surface area contributed by atoms with Crippen molar-refractivity contribution in [2.45, 2.75) is 32.4 Å². The van der Waals surface area contributed by atoms with Crippen LogP contribution in [0.4, 0.5) is 5.69 Å². The summed E-state index contributed by atoms with van der Waals surface area (Å²) >= 11 is 0. The second-order valence-corrected chi connectivity index (χ2v) is 9.23. The predicted molar refractivity (Wildman–Crippen MR) is 140 cm³/mol. The van der Waals surface area contributed by atoms with E-state index in [-0.39, 0.29) is 11.9 Å². The minimum absolute atomic E-state index is 0.0698. The summed E-state index contributed by atoms with van der Waals surface area (Å²) in [6.07, 6.45) is 2.60. The van der Waals surface area contributed by atoms with Gasteiger partial charge in [-0.1, -0.05) is 54.6 Å². The van der Waals surface area contributed by atoms with Crippen molar-refractivity contribution in [1.29, 1.82) is 0 Å². The molecule has 0 aliphatic heterocycles. The molecular formula is C29H31N5O. The van der Waals surface area contributed by atoms with Gasteiger partial charge in [0.15, 0.2) is 0 Å². The van der Waals surface area contributed by atoms with Crippen molar-refractivity contribution in [2.24, 2.45) is 11.7 Å². The average molecular weight is 466 g/mol. The van der Waals surface area contributed by atoms with E-state index in [2.05, 4.69) is 52.1 Å². The Morgan fingerprint density at radius 2 is 1.77 bits per heavy atom. The highest BCUT2D eigenvalue weighted by Crippen LogP contribution is 2.31. The molecule has 1 fully saturated rings. The van der Waals surface area contributed by atoms with E-state index in [1.54, 1.807) is 10.7 Å². The highest BCUT2D eigenvalue weighted by Gasteiger charge is 2.24. The van der Waals surface area contributed by atoms with Crippen LogP contribution in [0.3, 0.4) is 0 Å². The van der Waals surface area contributed by atoms with Gasteiger partial charge in [-0.3, -0.25) is 4.79 Å². The lowest BCUT2D eigenvalue weighted by molar-refractivity contribution is 0.101. The molecule has 1 aliphatic rings. The maximum Gasteiger partial charge on any atom is 0.274 e. The smallest absolute Gasteiger partial charge is 0.274 e. The number of amides is 1. The van der Waals surface area contributed by atoms with Gasteiger partial charge in [-0.15, -0.1) is 0 Å². The normalized spacial score (nSPS) is 14.0. The van der Waals surface area contributed by atoms with Crippen molar-refractivity contribution in [2.75, 3.05) is 11.9 Å². The van der Waals surface area contributed by atoms with Crippen LogP contribution >= 0.6 is 0 Å². The lowest BCUT2D eigenvalue weighted by atomic mass is 9.98. The highest BCUT2D eigenvalue weighted by molar-refractivity contribution is 6.03. The van der Waals surface area contributed by atoms with Gasteiger partial charge in [0.25, 0.3) is 5.91 Å². The number of aromatic nitrogens is 2. The molecule has 0 bridgehead atoms. The van der Waals surface area contributed by atoms with E-state index in [0.717, 1.165) is 40.7 Å². The SMILES string of the molecule is Cc1cc(C(=O)Nc2cccc(C(NCC3CC3)c3ccccc3)c2)n(-c2cccc(CN)c2)n1. The molecule has 3 aromatic carbocycles. The van der Waals surface area contributed by atoms with Gasteiger partial charge in [-0.05, 0) is 79.3 Å². The number of hydrogen-bond donors (Lipinski definition) is 3. The number of benzene rings is 3. The van der Waals surface area contributed by atoms with Crippen LogP contribution in [0.2, 0.25) is 0 Å². The summed E-state index contributed by atoms with van der Waals surface area (Å²) in [4.78, 5) is 13.3. The molecule has 1 saturated carbocycles. The monoisotopic (exact) mass is 465 g/mol. The predicted octanol–water partition coefficient (Wildman–Crippen LogP) is 4.98. The maximum absolute atomic E-state index is 13.3. The molecule has 4 N–H and O–H groups in total. The van der Waals surface area contributed by atoms with Gasteiger partial charge < -0.3 is 16.4 Å². The molecule has 1 aromatic heterocycles. The number of nitrogens with one attached hydrogen (secondary N) is 2.